The van der Waals surface area contributed by atoms with Crippen LogP contribution in [0.5, 0.6) is 0 Å². The van der Waals surface area contributed by atoms with Gasteiger partial charge in [-0.15, -0.1) is 0 Å². The van der Waals surface area contributed by atoms with Gasteiger partial charge in [-0.25, -0.2) is 4.79 Å². The molecular weight excluding hydrogens is 813 g/mol. The molecule has 4 rings (SSSR count). The van der Waals surface area contributed by atoms with E-state index in [-0.39, 0.29) is 5.56 Å². The van der Waals surface area contributed by atoms with Gasteiger partial charge in [0.1, 0.15) is 41.8 Å². The second-order valence-corrected chi connectivity index (χ2v) is 14.0. The van der Waals surface area contributed by atoms with Crippen LogP contribution in [0.2, 0.25) is 0 Å². The number of rotatable bonds is 6. The zero-order chi connectivity index (χ0) is 23.6. The normalized spacial score (nSPS) is 32.1. The maximum Gasteiger partial charge on any atom is 0.339 e. The highest BCUT2D eigenvalue weighted by atomic mass is 127. The maximum absolute atomic E-state index is 12.9. The average molecular weight is 826 g/mol. The highest BCUT2D eigenvalue weighted by Crippen LogP contribution is 2.51. The first-order chi connectivity index (χ1) is 14.8. The van der Waals surface area contributed by atoms with Crippen molar-refractivity contribution in [1.29, 1.82) is 0 Å². The molecule has 0 amide bonds. The summed E-state index contributed by atoms with van der Waals surface area (Å²) in [7, 11) is -8.60. The Hall–Kier alpha value is 0.130. The molecule has 1 aromatic carbocycles. The van der Waals surface area contributed by atoms with Crippen LogP contribution < -0.4 is 0 Å². The summed E-state index contributed by atoms with van der Waals surface area (Å²) in [5.41, 5.74) is 0.273. The van der Waals surface area contributed by atoms with Crippen molar-refractivity contribution in [3.8, 4) is 0 Å². The van der Waals surface area contributed by atoms with E-state index in [1.165, 1.54) is 0 Å². The molecule has 0 aromatic heterocycles. The monoisotopic (exact) mass is 826 g/mol. The number of esters is 2. The Morgan fingerprint density at radius 3 is 2.47 bits per heavy atom. The molecule has 3 heterocycles. The van der Waals surface area contributed by atoms with E-state index < -0.39 is 80.1 Å². The van der Waals surface area contributed by atoms with E-state index in [4.69, 9.17) is 22.9 Å². The average Bonchev–Trinajstić information content (AvgIpc) is 3.26. The Morgan fingerprint density at radius 1 is 1.12 bits per heavy atom. The minimum atomic E-state index is -4.38. The van der Waals surface area contributed by atoms with Gasteiger partial charge in [0.05, 0.1) is 5.56 Å². The first-order valence-electron chi connectivity index (χ1n) is 8.85. The van der Waals surface area contributed by atoms with E-state index in [1.807, 2.05) is 28.7 Å². The zero-order valence-electron chi connectivity index (χ0n) is 15.5. The highest BCUT2D eigenvalue weighted by molar-refractivity contribution is 14.1. The van der Waals surface area contributed by atoms with Crippen molar-refractivity contribution in [2.75, 3.05) is 12.4 Å². The number of benzene rings is 1. The molecule has 0 saturated carbocycles. The van der Waals surface area contributed by atoms with Gasteiger partial charge in [0.2, 0.25) is 0 Å². The summed E-state index contributed by atoms with van der Waals surface area (Å²) in [5, 5.41) is -1.36. The minimum absolute atomic E-state index is 0.273. The zero-order valence-corrected chi connectivity index (χ0v) is 23.6. The summed E-state index contributed by atoms with van der Waals surface area (Å²) < 4.78 is 78.9. The first-order valence-corrected chi connectivity index (χ1v) is 15.2. The smallest absolute Gasteiger partial charge is 0.339 e. The number of carbonyl (C=O) groups excluding carboxylic acids is 2. The van der Waals surface area contributed by atoms with Gasteiger partial charge >= 0.3 is 11.9 Å². The lowest BCUT2D eigenvalue weighted by atomic mass is 9.84. The van der Waals surface area contributed by atoms with E-state index in [0.29, 0.717) is 3.57 Å². The van der Waals surface area contributed by atoms with Gasteiger partial charge in [-0.2, -0.15) is 16.8 Å². The van der Waals surface area contributed by atoms with Gasteiger partial charge in [0.25, 0.3) is 20.2 Å². The Bertz CT molecular complexity index is 1200. The number of fused-ring (bicyclic) bond motifs is 1. The van der Waals surface area contributed by atoms with E-state index in [0.717, 1.165) is 7.14 Å². The van der Waals surface area contributed by atoms with Gasteiger partial charge < -0.3 is 14.2 Å². The predicted molar refractivity (Wildman–Crippen MR) is 131 cm³/mol. The number of hydrogen-bond donors (Lipinski definition) is 1. The molecule has 1 aromatic rings. The molecule has 16 heteroatoms. The number of carbonyl (C=O) groups is 2. The molecule has 176 valence electrons. The Kier molecular flexibility index (Phi) is 7.07. The van der Waals surface area contributed by atoms with Gasteiger partial charge in [-0.1, -0.05) is 0 Å². The molecule has 3 saturated heterocycles. The van der Waals surface area contributed by atoms with E-state index >= 15 is 0 Å². The van der Waals surface area contributed by atoms with Crippen LogP contribution in [0.4, 0.5) is 0 Å². The van der Waals surface area contributed by atoms with Crippen molar-refractivity contribution in [3.63, 3.8) is 0 Å². The van der Waals surface area contributed by atoms with Gasteiger partial charge in [-0.05, 0) is 79.9 Å². The summed E-state index contributed by atoms with van der Waals surface area (Å²) in [6.07, 6.45) is -4.46. The molecule has 3 aliphatic heterocycles. The molecular formula is C16H13I3O11S2. The molecule has 0 spiro atoms. The molecule has 6 unspecified atom stereocenters. The fourth-order valence-corrected chi connectivity index (χ4v) is 8.47. The minimum Gasteiger partial charge on any atom is -0.464 e. The molecule has 6 atom stereocenters. The summed E-state index contributed by atoms with van der Waals surface area (Å²) >= 11 is 6.12. The Balaban J connectivity index is 1.57. The second kappa shape index (κ2) is 8.97. The molecule has 0 radical (unpaired) electrons. The van der Waals surface area contributed by atoms with Crippen LogP contribution in [-0.2, 0) is 43.4 Å². The van der Waals surface area contributed by atoms with Crippen molar-refractivity contribution in [2.45, 2.75) is 29.7 Å². The first kappa shape index (κ1) is 25.2. The quantitative estimate of drug-likeness (QED) is 0.143. The number of ether oxygens (including phenoxy) is 3. The van der Waals surface area contributed by atoms with Gasteiger partial charge in [-0.3, -0.25) is 13.5 Å². The third-order valence-electron chi connectivity index (χ3n) is 5.21. The fraction of sp³-hybridized carbons (Fsp3) is 0.500. The van der Waals surface area contributed by atoms with Crippen molar-refractivity contribution >= 4 is 99.9 Å². The highest BCUT2D eigenvalue weighted by Gasteiger charge is 2.74. The topological polar surface area (TPSA) is 160 Å². The molecule has 0 aliphatic carbocycles. The van der Waals surface area contributed by atoms with E-state index in [9.17, 15) is 26.4 Å². The summed E-state index contributed by atoms with van der Waals surface area (Å²) in [6.45, 7) is -0.674. The van der Waals surface area contributed by atoms with Crippen molar-refractivity contribution in [2.24, 2.45) is 5.92 Å². The van der Waals surface area contributed by atoms with Crippen LogP contribution in [0.3, 0.4) is 0 Å². The van der Waals surface area contributed by atoms with Crippen molar-refractivity contribution < 1.29 is 49.4 Å². The van der Waals surface area contributed by atoms with Crippen molar-refractivity contribution in [3.05, 3.63) is 28.4 Å². The van der Waals surface area contributed by atoms with Gasteiger partial charge in [0.15, 0.2) is 6.10 Å². The van der Waals surface area contributed by atoms with Crippen LogP contribution in [0.15, 0.2) is 12.1 Å². The van der Waals surface area contributed by atoms with E-state index in [2.05, 4.69) is 45.2 Å². The van der Waals surface area contributed by atoms with Crippen LogP contribution in [-0.4, -0.2) is 75.4 Å². The van der Waals surface area contributed by atoms with Gasteiger partial charge in [0, 0.05) is 10.7 Å². The second-order valence-electron chi connectivity index (χ2n) is 7.18. The molecule has 32 heavy (non-hydrogen) atoms. The van der Waals surface area contributed by atoms with Crippen LogP contribution in [0, 0.1) is 16.6 Å². The summed E-state index contributed by atoms with van der Waals surface area (Å²) in [5.74, 6) is -4.00. The number of halogens is 3. The molecule has 11 nitrogen and oxygen atoms in total. The third-order valence-corrected chi connectivity index (χ3v) is 11.3. The molecule has 3 fully saturated rings. The lowest BCUT2D eigenvalue weighted by Crippen LogP contribution is -2.50. The SMILES string of the molecule is O=C(OC1C2OS(=O)(=O)C3C2OC1C3C(=O)OCCS(=O)(=O)O)c1cc(I)cc(I)c1I. The predicted octanol–water partition coefficient (Wildman–Crippen LogP) is 0.951. The van der Waals surface area contributed by atoms with Crippen molar-refractivity contribution in [1.82, 2.24) is 0 Å². The summed E-state index contributed by atoms with van der Waals surface area (Å²) in [6, 6.07) is 3.49. The molecule has 3 aliphatic rings. The van der Waals surface area contributed by atoms with Crippen LogP contribution >= 0.6 is 67.8 Å². The van der Waals surface area contributed by atoms with Crippen LogP contribution in [0.1, 0.15) is 10.4 Å². The Labute approximate surface area is 223 Å². The lowest BCUT2D eigenvalue weighted by molar-refractivity contribution is -0.151. The molecule has 2 bridgehead atoms. The largest absolute Gasteiger partial charge is 0.464 e. The summed E-state index contributed by atoms with van der Waals surface area (Å²) in [4.78, 5) is 25.5. The molecule has 1 N–H and O–H groups in total. The Morgan fingerprint density at radius 2 is 1.81 bits per heavy atom. The maximum atomic E-state index is 12.9. The lowest BCUT2D eigenvalue weighted by Gasteiger charge is -2.27. The third kappa shape index (κ3) is 4.65. The fourth-order valence-electron chi connectivity index (χ4n) is 3.97. The number of hydrogen-bond acceptors (Lipinski definition) is 10. The van der Waals surface area contributed by atoms with E-state index in [1.54, 1.807) is 6.07 Å². The standard InChI is InChI=1S/C16H13I3O11S2/c17-5-3-6(9(19)7(18)4-5)15(20)29-11-10-8(16(21)27-1-2-31(22,23)24)14-13(28-10)12(11)30-32(14,25)26/h3-4,8,10-14H,1-2H2,(H,22,23,24). The van der Waals surface area contributed by atoms with Crippen LogP contribution in [0.25, 0.3) is 0 Å².